The fraction of sp³-hybridized carbons (Fsp3) is 0.432. The molecule has 1 aliphatic carbocycles. The first kappa shape index (κ1) is 42.9. The summed E-state index contributed by atoms with van der Waals surface area (Å²) in [6.45, 7) is 12.7. The van der Waals surface area contributed by atoms with Crippen LogP contribution in [0.1, 0.15) is 90.0 Å². The van der Waals surface area contributed by atoms with Crippen LogP contribution >= 0.6 is 0 Å². The molecule has 1 fully saturated rings. The maximum absolute atomic E-state index is 14.8. The maximum atomic E-state index is 14.8. The van der Waals surface area contributed by atoms with Gasteiger partial charge in [0.25, 0.3) is 0 Å². The smallest absolute Gasteiger partial charge is 0.425 e. The predicted molar refractivity (Wildman–Crippen MR) is 228 cm³/mol. The number of methoxy groups -OCH3 is 1. The van der Waals surface area contributed by atoms with Crippen LogP contribution in [0.15, 0.2) is 71.8 Å². The van der Waals surface area contributed by atoms with E-state index < -0.39 is 40.2 Å². The summed E-state index contributed by atoms with van der Waals surface area (Å²) in [4.78, 5) is 64.4. The van der Waals surface area contributed by atoms with E-state index in [4.69, 9.17) is 14.2 Å². The molecule has 3 aromatic carbocycles. The van der Waals surface area contributed by atoms with Gasteiger partial charge in [0.1, 0.15) is 23.0 Å². The number of rotatable bonds is 6. The molecule has 0 radical (unpaired) electrons. The number of pyridine rings is 1. The lowest BCUT2D eigenvalue weighted by atomic mass is 9.94. The van der Waals surface area contributed by atoms with Crippen LogP contribution in [0.5, 0.6) is 5.75 Å². The number of hydrogen-bond acceptors (Lipinski definition) is 10. The number of amides is 5. The third kappa shape index (κ3) is 10.1. The van der Waals surface area contributed by atoms with Gasteiger partial charge in [-0.25, -0.2) is 19.4 Å². The van der Waals surface area contributed by atoms with Crippen molar-refractivity contribution in [2.45, 2.75) is 101 Å². The topological polar surface area (TPSA) is 160 Å². The molecule has 0 spiro atoms. The zero-order chi connectivity index (χ0) is 43.0. The van der Waals surface area contributed by atoms with Gasteiger partial charge in [-0.2, -0.15) is 4.90 Å². The van der Waals surface area contributed by atoms with Crippen LogP contribution in [-0.2, 0) is 31.6 Å². The van der Waals surface area contributed by atoms with E-state index >= 15 is 0 Å². The fourth-order valence-corrected chi connectivity index (χ4v) is 8.38. The largest absolute Gasteiger partial charge is 0.496 e. The van der Waals surface area contributed by atoms with Crippen molar-refractivity contribution >= 4 is 62.9 Å². The number of carbonyl (C=O) groups is 4. The van der Waals surface area contributed by atoms with Gasteiger partial charge in [0.05, 0.1) is 17.9 Å². The average molecular weight is 827 g/mol. The van der Waals surface area contributed by atoms with Crippen molar-refractivity contribution in [1.82, 2.24) is 14.8 Å². The van der Waals surface area contributed by atoms with Crippen LogP contribution in [0.25, 0.3) is 10.8 Å². The first-order chi connectivity index (χ1) is 27.7. The Morgan fingerprint density at radius 1 is 0.898 bits per heavy atom. The molecule has 15 heteroatoms. The standard InChI is InChI=1S/C44H54N6O8S/c1-26-24-49(9)40(52)47-31-13-18-36(59(55)32-14-15-32)29(22-31)25-48(8)39(51)37(28-11-17-35(56-10)34(26)23-28)46-30-12-16-33-27(21-30)19-20-45-38(33)50(41(53)57-43(2,3)4)42(54)58-44(5,6)7/h11-13,16-23,26,32,37,46H,14-15,24-25H2,1-10H3,(H,47,52)/t26-,37?,59?/m1/s1. The first-order valence-corrected chi connectivity index (χ1v) is 20.8. The van der Waals surface area contributed by atoms with Gasteiger partial charge in [0, 0.05) is 66.2 Å². The number of carbonyl (C=O) groups excluding carboxylic acids is 4. The third-order valence-corrected chi connectivity index (χ3v) is 11.7. The van der Waals surface area contributed by atoms with Crippen molar-refractivity contribution in [3.05, 3.63) is 83.6 Å². The summed E-state index contributed by atoms with van der Waals surface area (Å²) in [7, 11) is 3.74. The van der Waals surface area contributed by atoms with Crippen molar-refractivity contribution in [2.75, 3.05) is 43.3 Å². The van der Waals surface area contributed by atoms with E-state index in [1.54, 1.807) is 109 Å². The molecule has 1 saturated carbocycles. The Morgan fingerprint density at radius 3 is 2.20 bits per heavy atom. The van der Waals surface area contributed by atoms with Crippen LogP contribution < -0.4 is 20.3 Å². The number of imide groups is 1. The van der Waals surface area contributed by atoms with Gasteiger partial charge in [0.15, 0.2) is 5.82 Å². The molecule has 1 aliphatic heterocycles. The van der Waals surface area contributed by atoms with Crippen molar-refractivity contribution in [3.8, 4) is 5.75 Å². The number of ether oxygens (including phenoxy) is 3. The molecule has 4 bridgehead atoms. The van der Waals surface area contributed by atoms with E-state index in [9.17, 15) is 23.4 Å². The second kappa shape index (κ2) is 16.9. The molecule has 2 unspecified atom stereocenters. The van der Waals surface area contributed by atoms with Gasteiger partial charge in [-0.05, 0) is 131 Å². The van der Waals surface area contributed by atoms with E-state index in [1.165, 1.54) is 6.20 Å². The molecule has 2 N–H and O–H groups in total. The summed E-state index contributed by atoms with van der Waals surface area (Å²) in [5, 5.41) is 7.58. The second-order valence-corrected chi connectivity index (χ2v) is 18.9. The van der Waals surface area contributed by atoms with Gasteiger partial charge < -0.3 is 34.6 Å². The van der Waals surface area contributed by atoms with Gasteiger partial charge in [-0.3, -0.25) is 9.00 Å². The molecule has 314 valence electrons. The van der Waals surface area contributed by atoms with Crippen LogP contribution in [0.4, 0.5) is 31.6 Å². The normalized spacial score (nSPS) is 18.3. The summed E-state index contributed by atoms with van der Waals surface area (Å²) < 4.78 is 30.6. The van der Waals surface area contributed by atoms with Gasteiger partial charge in [-0.15, -0.1) is 0 Å². The van der Waals surface area contributed by atoms with Gasteiger partial charge >= 0.3 is 18.2 Å². The average Bonchev–Trinajstić information content (AvgIpc) is 4.00. The number of likely N-dealkylation sites (N-methyl/N-ethyl adjacent to an activating group) is 2. The molecule has 6 rings (SSSR count). The summed E-state index contributed by atoms with van der Waals surface area (Å²) in [5.74, 6) is 0.177. The van der Waals surface area contributed by atoms with E-state index in [2.05, 4.69) is 15.6 Å². The molecular formula is C44H54N6O8S. The molecule has 1 aromatic heterocycles. The summed E-state index contributed by atoms with van der Waals surface area (Å²) in [6, 6.07) is 16.7. The Morgan fingerprint density at radius 2 is 1.58 bits per heavy atom. The zero-order valence-corrected chi connectivity index (χ0v) is 36.2. The third-order valence-electron chi connectivity index (χ3n) is 9.82. The second-order valence-electron chi connectivity index (χ2n) is 17.2. The predicted octanol–water partition coefficient (Wildman–Crippen LogP) is 8.58. The Labute approximate surface area is 348 Å². The molecular weight excluding hydrogens is 773 g/mol. The molecule has 2 heterocycles. The minimum atomic E-state index is -1.27. The minimum Gasteiger partial charge on any atom is -0.496 e. The highest BCUT2D eigenvalue weighted by atomic mass is 32.2. The van der Waals surface area contributed by atoms with Gasteiger partial charge in [-0.1, -0.05) is 13.0 Å². The maximum Gasteiger partial charge on any atom is 0.425 e. The fourth-order valence-electron chi connectivity index (χ4n) is 6.87. The number of nitrogens with zero attached hydrogens (tertiary/aromatic N) is 4. The number of hydrogen-bond donors (Lipinski definition) is 2. The highest BCUT2D eigenvalue weighted by Crippen LogP contribution is 2.36. The SMILES string of the molecule is COc1ccc2cc1[C@H](C)CN(C)C(=O)Nc1ccc(S(=O)C3CC3)c(c1)CN(C)C(=O)C2Nc1ccc2c(N(C(=O)OC(C)(C)C)C(=O)OC(C)(C)C)nccc2c1. The molecule has 4 aromatic rings. The number of urea groups is 1. The Kier molecular flexibility index (Phi) is 12.3. The summed E-state index contributed by atoms with van der Waals surface area (Å²) in [6.07, 6.45) is 1.35. The highest BCUT2D eigenvalue weighted by Gasteiger charge is 2.36. The number of nitrogens with one attached hydrogen (secondary N) is 2. The number of fused-ring (bicyclic) bond motifs is 5. The van der Waals surface area contributed by atoms with Crippen LogP contribution in [0.2, 0.25) is 0 Å². The molecule has 14 nitrogen and oxygen atoms in total. The van der Waals surface area contributed by atoms with Crippen molar-refractivity contribution in [2.24, 2.45) is 0 Å². The van der Waals surface area contributed by atoms with Crippen molar-refractivity contribution in [3.63, 3.8) is 0 Å². The zero-order valence-electron chi connectivity index (χ0n) is 35.4. The van der Waals surface area contributed by atoms with Crippen LogP contribution in [0, 0.1) is 0 Å². The van der Waals surface area contributed by atoms with Crippen LogP contribution in [0.3, 0.4) is 0 Å². The van der Waals surface area contributed by atoms with Crippen LogP contribution in [-0.4, -0.2) is 87.3 Å². The van der Waals surface area contributed by atoms with E-state index in [0.29, 0.717) is 50.5 Å². The lowest BCUT2D eigenvalue weighted by Crippen LogP contribution is -2.44. The van der Waals surface area contributed by atoms with E-state index in [0.717, 1.165) is 23.3 Å². The summed E-state index contributed by atoms with van der Waals surface area (Å²) >= 11 is 0. The first-order valence-electron chi connectivity index (χ1n) is 19.6. The van der Waals surface area contributed by atoms with Crippen molar-refractivity contribution < 1.29 is 37.6 Å². The number of aromatic nitrogens is 1. The quantitative estimate of drug-likeness (QED) is 0.193. The molecule has 3 atom stereocenters. The lowest BCUT2D eigenvalue weighted by Gasteiger charge is -2.29. The Hall–Kier alpha value is -5.70. The number of anilines is 3. The Balaban J connectivity index is 1.43. The molecule has 2 aliphatic rings. The lowest BCUT2D eigenvalue weighted by molar-refractivity contribution is -0.131. The molecule has 0 saturated heterocycles. The molecule has 59 heavy (non-hydrogen) atoms. The Bertz CT molecular complexity index is 2270. The van der Waals surface area contributed by atoms with Crippen molar-refractivity contribution in [1.29, 1.82) is 0 Å². The molecule has 5 amide bonds. The van der Waals surface area contributed by atoms with E-state index in [1.807, 2.05) is 31.2 Å². The monoisotopic (exact) mass is 826 g/mol. The summed E-state index contributed by atoms with van der Waals surface area (Å²) in [5.41, 5.74) is 1.41. The number of benzene rings is 3. The highest BCUT2D eigenvalue weighted by molar-refractivity contribution is 7.86. The minimum absolute atomic E-state index is 0.0237. The van der Waals surface area contributed by atoms with E-state index in [-0.39, 0.29) is 35.5 Å². The van der Waals surface area contributed by atoms with Gasteiger partial charge in [0.2, 0.25) is 5.91 Å².